The molecule has 29 heavy (non-hydrogen) atoms. The summed E-state index contributed by atoms with van der Waals surface area (Å²) in [7, 11) is 0. The van der Waals surface area contributed by atoms with Gasteiger partial charge in [-0.25, -0.2) is 9.97 Å². The van der Waals surface area contributed by atoms with Gasteiger partial charge in [-0.15, -0.1) is 11.3 Å². The molecule has 5 nitrogen and oxygen atoms in total. The van der Waals surface area contributed by atoms with Crippen molar-refractivity contribution in [1.82, 2.24) is 14.9 Å². The maximum atomic E-state index is 11.4. The smallest absolute Gasteiger partial charge is 0.249 e. The number of aromatic nitrogens is 2. The van der Waals surface area contributed by atoms with Crippen LogP contribution in [-0.4, -0.2) is 39.4 Å². The number of carbonyl (C=O) groups excluding carboxylic acids is 1. The molecular formula is C21H26Cl2N4OS. The van der Waals surface area contributed by atoms with Gasteiger partial charge in [0.15, 0.2) is 0 Å². The van der Waals surface area contributed by atoms with Crippen LogP contribution in [0.15, 0.2) is 30.5 Å². The molecule has 0 aliphatic carbocycles. The molecular weight excluding hydrogens is 427 g/mol. The molecule has 156 valence electrons. The van der Waals surface area contributed by atoms with E-state index in [1.165, 1.54) is 17.5 Å². The van der Waals surface area contributed by atoms with Crippen LogP contribution in [0, 0.1) is 0 Å². The van der Waals surface area contributed by atoms with Crippen molar-refractivity contribution >= 4 is 50.5 Å². The van der Waals surface area contributed by atoms with Crippen LogP contribution >= 0.6 is 34.5 Å². The molecule has 3 rings (SSSR count). The van der Waals surface area contributed by atoms with Gasteiger partial charge in [0.25, 0.3) is 0 Å². The number of rotatable bonds is 5. The average molecular weight is 453 g/mol. The molecule has 1 aromatic carbocycles. The third kappa shape index (κ3) is 5.89. The third-order valence-corrected chi connectivity index (χ3v) is 6.03. The largest absolute Gasteiger partial charge is 0.366 e. The van der Waals surface area contributed by atoms with Gasteiger partial charge in [-0.05, 0) is 64.0 Å². The van der Waals surface area contributed by atoms with Crippen LogP contribution in [0.3, 0.4) is 0 Å². The van der Waals surface area contributed by atoms with Crippen LogP contribution in [0.5, 0.6) is 0 Å². The predicted octanol–water partition coefficient (Wildman–Crippen LogP) is 5.89. The fraction of sp³-hybridized carbons (Fsp3) is 0.381. The molecule has 1 amide bonds. The second kappa shape index (κ2) is 10.3. The minimum atomic E-state index is -0.466. The lowest BCUT2D eigenvalue weighted by molar-refractivity contribution is 0.100. The number of benzene rings is 1. The minimum Gasteiger partial charge on any atom is -0.366 e. The number of fused-ring (bicyclic) bond motifs is 1. The summed E-state index contributed by atoms with van der Waals surface area (Å²) in [5.74, 6) is -0.466. The SMILES string of the molecule is CCN(C(C)C)C(C)C.NC(=O)c1cccc2sc(-c3nc(Cl)ncc3Cl)cc12. The summed E-state index contributed by atoms with van der Waals surface area (Å²) in [4.78, 5) is 22.6. The number of primary amides is 1. The Bertz CT molecular complexity index is 980. The maximum Gasteiger partial charge on any atom is 0.249 e. The molecule has 2 N–H and O–H groups in total. The quantitative estimate of drug-likeness (QED) is 0.489. The second-order valence-corrected chi connectivity index (χ2v) is 8.87. The number of hydrogen-bond acceptors (Lipinski definition) is 5. The summed E-state index contributed by atoms with van der Waals surface area (Å²) in [6, 6.07) is 8.61. The molecule has 0 radical (unpaired) electrons. The number of nitrogens with two attached hydrogens (primary N) is 1. The van der Waals surface area contributed by atoms with Gasteiger partial charge in [0, 0.05) is 27.7 Å². The summed E-state index contributed by atoms with van der Waals surface area (Å²) in [5, 5.41) is 1.31. The van der Waals surface area contributed by atoms with Crippen molar-refractivity contribution in [2.45, 2.75) is 46.7 Å². The highest BCUT2D eigenvalue weighted by molar-refractivity contribution is 7.22. The minimum absolute atomic E-state index is 0.122. The topological polar surface area (TPSA) is 72.1 Å². The number of halogens is 2. The molecule has 3 aromatic rings. The second-order valence-electron chi connectivity index (χ2n) is 7.05. The summed E-state index contributed by atoms with van der Waals surface area (Å²) in [6.07, 6.45) is 1.45. The first-order valence-corrected chi connectivity index (χ1v) is 11.0. The molecule has 0 atom stereocenters. The van der Waals surface area contributed by atoms with Gasteiger partial charge in [-0.1, -0.05) is 24.6 Å². The number of carbonyl (C=O) groups is 1. The van der Waals surface area contributed by atoms with E-state index < -0.39 is 5.91 Å². The van der Waals surface area contributed by atoms with Crippen LogP contribution in [0.25, 0.3) is 20.7 Å². The summed E-state index contributed by atoms with van der Waals surface area (Å²) < 4.78 is 0.933. The van der Waals surface area contributed by atoms with Crippen molar-refractivity contribution < 1.29 is 4.79 Å². The van der Waals surface area contributed by atoms with Crippen molar-refractivity contribution in [2.24, 2.45) is 5.73 Å². The zero-order valence-corrected chi connectivity index (χ0v) is 19.6. The first-order chi connectivity index (χ1) is 13.6. The summed E-state index contributed by atoms with van der Waals surface area (Å²) in [5.41, 5.74) is 6.39. The molecule has 0 fully saturated rings. The van der Waals surface area contributed by atoms with Crippen LogP contribution in [0.1, 0.15) is 45.0 Å². The summed E-state index contributed by atoms with van der Waals surface area (Å²) in [6.45, 7) is 12.3. The van der Waals surface area contributed by atoms with Crippen LogP contribution < -0.4 is 5.73 Å². The van der Waals surface area contributed by atoms with Crippen molar-refractivity contribution in [3.8, 4) is 10.6 Å². The van der Waals surface area contributed by atoms with E-state index in [9.17, 15) is 4.79 Å². The number of nitrogens with zero attached hydrogens (tertiary/aromatic N) is 3. The fourth-order valence-corrected chi connectivity index (χ4v) is 4.71. The highest BCUT2D eigenvalue weighted by atomic mass is 35.5. The monoisotopic (exact) mass is 452 g/mol. The Morgan fingerprint density at radius 3 is 2.38 bits per heavy atom. The van der Waals surface area contributed by atoms with Crippen LogP contribution in [0.4, 0.5) is 0 Å². The van der Waals surface area contributed by atoms with E-state index in [2.05, 4.69) is 49.5 Å². The standard InChI is InChI=1S/C13H7Cl2N3OS.C8H19N/c14-8-5-17-13(15)18-11(8)10-4-7-6(12(16)19)2-1-3-9(7)20-10;1-6-9(7(2)3)8(4)5/h1-5H,(H2,16,19);7-8H,6H2,1-5H3. The van der Waals surface area contributed by atoms with Gasteiger partial charge in [0.1, 0.15) is 5.69 Å². The van der Waals surface area contributed by atoms with Gasteiger partial charge in [-0.3, -0.25) is 9.69 Å². The molecule has 0 saturated heterocycles. The Balaban J connectivity index is 0.000000284. The van der Waals surface area contributed by atoms with E-state index in [1.54, 1.807) is 12.1 Å². The van der Waals surface area contributed by atoms with E-state index in [0.29, 0.717) is 28.4 Å². The Kier molecular flexibility index (Phi) is 8.40. The maximum absolute atomic E-state index is 11.4. The Morgan fingerprint density at radius 2 is 1.86 bits per heavy atom. The van der Waals surface area contributed by atoms with Crippen LogP contribution in [0.2, 0.25) is 10.3 Å². The predicted molar refractivity (Wildman–Crippen MR) is 124 cm³/mol. The lowest BCUT2D eigenvalue weighted by Crippen LogP contribution is -2.36. The molecule has 0 aliphatic rings. The first-order valence-electron chi connectivity index (χ1n) is 9.42. The molecule has 8 heteroatoms. The van der Waals surface area contributed by atoms with Gasteiger partial charge in [-0.2, -0.15) is 0 Å². The van der Waals surface area contributed by atoms with Crippen molar-refractivity contribution in [1.29, 1.82) is 0 Å². The zero-order valence-electron chi connectivity index (χ0n) is 17.2. The van der Waals surface area contributed by atoms with Gasteiger partial charge in [0.2, 0.25) is 11.2 Å². The molecule has 0 unspecified atom stereocenters. The van der Waals surface area contributed by atoms with E-state index in [1.807, 2.05) is 12.1 Å². The van der Waals surface area contributed by atoms with Gasteiger partial charge >= 0.3 is 0 Å². The normalized spacial score (nSPS) is 11.2. The fourth-order valence-electron chi connectivity index (χ4n) is 3.24. The molecule has 2 aromatic heterocycles. The van der Waals surface area contributed by atoms with E-state index >= 15 is 0 Å². The van der Waals surface area contributed by atoms with Gasteiger partial charge < -0.3 is 5.73 Å². The number of thiophene rings is 1. The molecule has 0 aliphatic heterocycles. The first kappa shape index (κ1) is 23.5. The molecule has 0 bridgehead atoms. The Hall–Kier alpha value is -1.73. The van der Waals surface area contributed by atoms with E-state index in [-0.39, 0.29) is 5.28 Å². The highest BCUT2D eigenvalue weighted by Crippen LogP contribution is 2.37. The number of amides is 1. The third-order valence-electron chi connectivity index (χ3n) is 4.47. The average Bonchev–Trinajstić information content (AvgIpc) is 3.07. The Labute approximate surface area is 185 Å². The number of hydrogen-bond donors (Lipinski definition) is 1. The van der Waals surface area contributed by atoms with Crippen molar-refractivity contribution in [3.05, 3.63) is 46.3 Å². The van der Waals surface area contributed by atoms with E-state index in [0.717, 1.165) is 21.5 Å². The van der Waals surface area contributed by atoms with Crippen molar-refractivity contribution in [2.75, 3.05) is 6.54 Å². The molecule has 0 spiro atoms. The lowest BCUT2D eigenvalue weighted by atomic mass is 10.1. The highest BCUT2D eigenvalue weighted by Gasteiger charge is 2.14. The lowest BCUT2D eigenvalue weighted by Gasteiger charge is -2.28. The van der Waals surface area contributed by atoms with Crippen LogP contribution in [-0.2, 0) is 0 Å². The summed E-state index contributed by atoms with van der Waals surface area (Å²) >= 11 is 13.4. The zero-order chi connectivity index (χ0) is 21.7. The van der Waals surface area contributed by atoms with Crippen molar-refractivity contribution in [3.63, 3.8) is 0 Å². The van der Waals surface area contributed by atoms with Gasteiger partial charge in [0.05, 0.1) is 16.1 Å². The van der Waals surface area contributed by atoms with E-state index in [4.69, 9.17) is 28.9 Å². The molecule has 0 saturated carbocycles. The Morgan fingerprint density at radius 1 is 1.21 bits per heavy atom. The molecule has 2 heterocycles.